The van der Waals surface area contributed by atoms with Gasteiger partial charge >= 0.3 is 0 Å². The summed E-state index contributed by atoms with van der Waals surface area (Å²) in [6.07, 6.45) is 1.44. The first-order chi connectivity index (χ1) is 11.1. The standard InChI is InChI=1S/C17H18Cl2N2OS/c18-14-2-1-12(9-15(14)19)10-17(22)20-5-7-21-6-3-16-13(11-21)4-8-23-16/h1-2,4,8-9H,3,5-7,10-11H2,(H,20,22). The molecule has 1 amide bonds. The maximum Gasteiger partial charge on any atom is 0.224 e. The van der Waals surface area contributed by atoms with Crippen molar-refractivity contribution in [2.45, 2.75) is 19.4 Å². The van der Waals surface area contributed by atoms with Crippen molar-refractivity contribution in [1.29, 1.82) is 0 Å². The lowest BCUT2D eigenvalue weighted by Gasteiger charge is -2.26. The Balaban J connectivity index is 1.42. The maximum absolute atomic E-state index is 12.0. The molecule has 2 aromatic rings. The normalized spacial score (nSPS) is 14.5. The van der Waals surface area contributed by atoms with Gasteiger partial charge in [-0.3, -0.25) is 9.69 Å². The molecule has 1 aliphatic heterocycles. The number of hydrogen-bond donors (Lipinski definition) is 1. The smallest absolute Gasteiger partial charge is 0.224 e. The Morgan fingerprint density at radius 1 is 1.26 bits per heavy atom. The molecule has 1 N–H and O–H groups in total. The van der Waals surface area contributed by atoms with Gasteiger partial charge in [0.25, 0.3) is 0 Å². The zero-order chi connectivity index (χ0) is 16.2. The number of carbonyl (C=O) groups is 1. The number of nitrogens with one attached hydrogen (secondary N) is 1. The highest BCUT2D eigenvalue weighted by molar-refractivity contribution is 7.10. The molecule has 122 valence electrons. The fourth-order valence-electron chi connectivity index (χ4n) is 2.75. The third kappa shape index (κ3) is 4.48. The minimum Gasteiger partial charge on any atom is -0.355 e. The van der Waals surface area contributed by atoms with Crippen molar-refractivity contribution in [3.63, 3.8) is 0 Å². The number of halogens is 2. The molecule has 0 spiro atoms. The minimum atomic E-state index is 0.0108. The fourth-order valence-corrected chi connectivity index (χ4v) is 3.96. The third-order valence-corrected chi connectivity index (χ3v) is 5.75. The van der Waals surface area contributed by atoms with E-state index in [9.17, 15) is 4.79 Å². The molecule has 0 saturated carbocycles. The largest absolute Gasteiger partial charge is 0.355 e. The topological polar surface area (TPSA) is 32.3 Å². The van der Waals surface area contributed by atoms with Gasteiger partial charge in [-0.25, -0.2) is 0 Å². The summed E-state index contributed by atoms with van der Waals surface area (Å²) in [6, 6.07) is 7.50. The van der Waals surface area contributed by atoms with Crippen molar-refractivity contribution in [3.05, 3.63) is 55.7 Å². The highest BCUT2D eigenvalue weighted by Gasteiger charge is 2.16. The van der Waals surface area contributed by atoms with E-state index in [1.807, 2.05) is 17.4 Å². The van der Waals surface area contributed by atoms with E-state index in [1.165, 1.54) is 10.4 Å². The van der Waals surface area contributed by atoms with E-state index in [0.29, 0.717) is 23.0 Å². The lowest BCUT2D eigenvalue weighted by atomic mass is 10.1. The van der Waals surface area contributed by atoms with Crippen molar-refractivity contribution < 1.29 is 4.79 Å². The molecular formula is C17H18Cl2N2OS. The second-order valence-electron chi connectivity index (χ2n) is 5.67. The average molecular weight is 369 g/mol. The highest BCUT2D eigenvalue weighted by atomic mass is 35.5. The van der Waals surface area contributed by atoms with Crippen LogP contribution in [0.2, 0.25) is 10.0 Å². The van der Waals surface area contributed by atoms with Gasteiger partial charge in [0.05, 0.1) is 16.5 Å². The maximum atomic E-state index is 12.0. The van der Waals surface area contributed by atoms with E-state index in [4.69, 9.17) is 23.2 Å². The molecule has 0 radical (unpaired) electrons. The summed E-state index contributed by atoms with van der Waals surface area (Å²) in [6.45, 7) is 3.60. The molecule has 0 saturated heterocycles. The number of hydrogen-bond acceptors (Lipinski definition) is 3. The van der Waals surface area contributed by atoms with Gasteiger partial charge in [0.15, 0.2) is 0 Å². The number of carbonyl (C=O) groups excluding carboxylic acids is 1. The molecule has 0 atom stereocenters. The van der Waals surface area contributed by atoms with Gasteiger partial charge in [-0.05, 0) is 41.1 Å². The Bertz CT molecular complexity index is 702. The zero-order valence-electron chi connectivity index (χ0n) is 12.6. The van der Waals surface area contributed by atoms with Crippen LogP contribution in [0.15, 0.2) is 29.6 Å². The molecule has 3 nitrogen and oxygen atoms in total. The summed E-state index contributed by atoms with van der Waals surface area (Å²) in [5.74, 6) is 0.0108. The quantitative estimate of drug-likeness (QED) is 0.870. The molecular weight excluding hydrogens is 351 g/mol. The molecule has 1 aromatic carbocycles. The Labute approximate surface area is 150 Å². The van der Waals surface area contributed by atoms with E-state index in [0.717, 1.165) is 31.6 Å². The molecule has 23 heavy (non-hydrogen) atoms. The number of rotatable bonds is 5. The Morgan fingerprint density at radius 2 is 2.13 bits per heavy atom. The number of benzene rings is 1. The Hall–Kier alpha value is -1.07. The van der Waals surface area contributed by atoms with E-state index < -0.39 is 0 Å². The van der Waals surface area contributed by atoms with E-state index in [-0.39, 0.29) is 5.91 Å². The first-order valence-corrected chi connectivity index (χ1v) is 9.23. The molecule has 3 rings (SSSR count). The highest BCUT2D eigenvalue weighted by Crippen LogP contribution is 2.24. The van der Waals surface area contributed by atoms with Crippen LogP contribution >= 0.6 is 34.5 Å². The van der Waals surface area contributed by atoms with Gasteiger partial charge in [0.2, 0.25) is 5.91 Å². The molecule has 2 heterocycles. The van der Waals surface area contributed by atoms with Crippen LogP contribution in [0.4, 0.5) is 0 Å². The summed E-state index contributed by atoms with van der Waals surface area (Å²) in [4.78, 5) is 15.9. The van der Waals surface area contributed by atoms with Crippen LogP contribution in [0.5, 0.6) is 0 Å². The lowest BCUT2D eigenvalue weighted by molar-refractivity contribution is -0.120. The number of fused-ring (bicyclic) bond motifs is 1. The van der Waals surface area contributed by atoms with E-state index >= 15 is 0 Å². The van der Waals surface area contributed by atoms with Crippen molar-refractivity contribution in [1.82, 2.24) is 10.2 Å². The zero-order valence-corrected chi connectivity index (χ0v) is 15.0. The molecule has 1 aliphatic rings. The van der Waals surface area contributed by atoms with E-state index in [2.05, 4.69) is 21.7 Å². The first-order valence-electron chi connectivity index (χ1n) is 7.60. The van der Waals surface area contributed by atoms with Gasteiger partial charge in [-0.1, -0.05) is 29.3 Å². The first kappa shape index (κ1) is 16.8. The average Bonchev–Trinajstić information content (AvgIpc) is 2.98. The molecule has 0 aliphatic carbocycles. The Kier molecular flexibility index (Phi) is 5.59. The minimum absolute atomic E-state index is 0.0108. The molecule has 1 aromatic heterocycles. The third-order valence-electron chi connectivity index (χ3n) is 3.99. The van der Waals surface area contributed by atoms with E-state index in [1.54, 1.807) is 12.1 Å². The second kappa shape index (κ2) is 7.67. The van der Waals surface area contributed by atoms with Gasteiger partial charge in [0.1, 0.15) is 0 Å². The molecule has 0 bridgehead atoms. The van der Waals surface area contributed by atoms with Crippen LogP contribution in [-0.4, -0.2) is 30.4 Å². The number of amides is 1. The lowest BCUT2D eigenvalue weighted by Crippen LogP contribution is -2.37. The van der Waals surface area contributed by atoms with Gasteiger partial charge in [-0.15, -0.1) is 11.3 Å². The van der Waals surface area contributed by atoms with Crippen LogP contribution in [0.1, 0.15) is 16.0 Å². The van der Waals surface area contributed by atoms with Gasteiger partial charge < -0.3 is 5.32 Å². The van der Waals surface area contributed by atoms with Gasteiger partial charge in [-0.2, -0.15) is 0 Å². The SMILES string of the molecule is O=C(Cc1ccc(Cl)c(Cl)c1)NCCN1CCc2sccc2C1. The van der Waals surface area contributed by atoms with Crippen molar-refractivity contribution in [2.75, 3.05) is 19.6 Å². The van der Waals surface area contributed by atoms with Crippen molar-refractivity contribution in [3.8, 4) is 0 Å². The number of nitrogens with zero attached hydrogens (tertiary/aromatic N) is 1. The predicted octanol–water partition coefficient (Wildman–Crippen LogP) is 3.77. The molecule has 0 unspecified atom stereocenters. The molecule has 0 fully saturated rings. The predicted molar refractivity (Wildman–Crippen MR) is 96.5 cm³/mol. The summed E-state index contributed by atoms with van der Waals surface area (Å²) in [5.41, 5.74) is 2.31. The van der Waals surface area contributed by atoms with Crippen LogP contribution in [0.3, 0.4) is 0 Å². The van der Waals surface area contributed by atoms with Gasteiger partial charge in [0, 0.05) is 31.1 Å². The summed E-state index contributed by atoms with van der Waals surface area (Å²) >= 11 is 13.7. The fraction of sp³-hybridized carbons (Fsp3) is 0.353. The summed E-state index contributed by atoms with van der Waals surface area (Å²) in [7, 11) is 0. The van der Waals surface area contributed by atoms with Crippen LogP contribution in [0, 0.1) is 0 Å². The van der Waals surface area contributed by atoms with Crippen LogP contribution in [0.25, 0.3) is 0 Å². The number of thiophene rings is 1. The summed E-state index contributed by atoms with van der Waals surface area (Å²) < 4.78 is 0. The molecule has 6 heteroatoms. The Morgan fingerprint density at radius 3 is 2.96 bits per heavy atom. The van der Waals surface area contributed by atoms with Crippen LogP contribution in [-0.2, 0) is 24.2 Å². The summed E-state index contributed by atoms with van der Waals surface area (Å²) in [5, 5.41) is 6.13. The second-order valence-corrected chi connectivity index (χ2v) is 7.49. The van der Waals surface area contributed by atoms with Crippen LogP contribution < -0.4 is 5.32 Å². The van der Waals surface area contributed by atoms with Crippen molar-refractivity contribution >= 4 is 40.4 Å². The monoisotopic (exact) mass is 368 g/mol. The van der Waals surface area contributed by atoms with Crippen molar-refractivity contribution in [2.24, 2.45) is 0 Å².